The zero-order valence-electron chi connectivity index (χ0n) is 24.0. The fourth-order valence-electron chi connectivity index (χ4n) is 4.37. The molecule has 0 saturated heterocycles. The third-order valence-corrected chi connectivity index (χ3v) is 6.46. The summed E-state index contributed by atoms with van der Waals surface area (Å²) in [6.07, 6.45) is -0.486. The quantitative estimate of drug-likeness (QED) is 0.180. The molecule has 226 valence electrons. The van der Waals surface area contributed by atoms with E-state index in [0.717, 1.165) is 5.56 Å². The van der Waals surface area contributed by atoms with Crippen LogP contribution < -0.4 is 25.6 Å². The van der Waals surface area contributed by atoms with Gasteiger partial charge in [-0.1, -0.05) is 30.3 Å². The second-order valence-corrected chi connectivity index (χ2v) is 9.69. The van der Waals surface area contributed by atoms with E-state index in [4.69, 9.17) is 9.84 Å². The molecule has 0 aromatic heterocycles. The van der Waals surface area contributed by atoms with Crippen molar-refractivity contribution in [1.82, 2.24) is 5.32 Å². The van der Waals surface area contributed by atoms with Gasteiger partial charge in [0.2, 0.25) is 11.8 Å². The average molecular weight is 591 g/mol. The number of benzene rings is 3. The Bertz CT molecular complexity index is 1490. The molecule has 0 heterocycles. The lowest BCUT2D eigenvalue weighted by Crippen LogP contribution is -2.30. The lowest BCUT2D eigenvalue weighted by molar-refractivity contribution is -0.138. The van der Waals surface area contributed by atoms with Crippen LogP contribution in [0, 0.1) is 6.92 Å². The van der Waals surface area contributed by atoms with Crippen molar-refractivity contribution in [3.05, 3.63) is 77.9 Å². The summed E-state index contributed by atoms with van der Waals surface area (Å²) in [7, 11) is 1.44. The Morgan fingerprint density at radius 3 is 2.09 bits per heavy atom. The van der Waals surface area contributed by atoms with Gasteiger partial charge in [0.1, 0.15) is 5.75 Å². The van der Waals surface area contributed by atoms with Gasteiger partial charge in [0.25, 0.3) is 0 Å². The summed E-state index contributed by atoms with van der Waals surface area (Å²) in [5, 5.41) is 26.3. The second-order valence-electron chi connectivity index (χ2n) is 9.69. The number of carboxylic acids is 2. The van der Waals surface area contributed by atoms with Crippen LogP contribution in [0.3, 0.4) is 0 Å². The summed E-state index contributed by atoms with van der Waals surface area (Å²) >= 11 is 0. The van der Waals surface area contributed by atoms with Gasteiger partial charge in [-0.25, -0.2) is 4.79 Å². The Morgan fingerprint density at radius 2 is 1.49 bits per heavy atom. The molecular formula is C31H34N4O8. The van der Waals surface area contributed by atoms with Gasteiger partial charge in [-0.15, -0.1) is 0 Å². The number of hydrogen-bond donors (Lipinski definition) is 5. The van der Waals surface area contributed by atoms with Crippen molar-refractivity contribution >= 4 is 52.5 Å². The number of methoxy groups -OCH3 is 1. The Kier molecular flexibility index (Phi) is 11.2. The van der Waals surface area contributed by atoms with Crippen LogP contribution in [0.4, 0.5) is 27.5 Å². The number of nitrogens with zero attached hydrogens (tertiary/aromatic N) is 1. The monoisotopic (exact) mass is 590 g/mol. The number of carbonyl (C=O) groups excluding carboxylic acids is 3. The molecule has 4 amide bonds. The number of carboxylic acid groups (broad SMARTS) is 2. The number of carbonyl (C=O) groups is 5. The van der Waals surface area contributed by atoms with E-state index in [1.54, 1.807) is 48.5 Å². The minimum absolute atomic E-state index is 0.0567. The van der Waals surface area contributed by atoms with Crippen LogP contribution >= 0.6 is 0 Å². The molecule has 0 aliphatic heterocycles. The van der Waals surface area contributed by atoms with Gasteiger partial charge in [-0.05, 0) is 54.8 Å². The summed E-state index contributed by atoms with van der Waals surface area (Å²) in [4.78, 5) is 61.2. The van der Waals surface area contributed by atoms with Gasteiger partial charge in [0, 0.05) is 37.2 Å². The van der Waals surface area contributed by atoms with Crippen LogP contribution in [0.2, 0.25) is 0 Å². The van der Waals surface area contributed by atoms with E-state index in [-0.39, 0.29) is 31.6 Å². The van der Waals surface area contributed by atoms with Crippen molar-refractivity contribution in [1.29, 1.82) is 0 Å². The number of aryl methyl sites for hydroxylation is 1. The fourth-order valence-corrected chi connectivity index (χ4v) is 4.37. The molecule has 0 aliphatic carbocycles. The Labute approximate surface area is 248 Å². The molecule has 43 heavy (non-hydrogen) atoms. The Hall–Kier alpha value is -5.39. The predicted octanol–water partition coefficient (Wildman–Crippen LogP) is 5.22. The molecule has 12 nitrogen and oxygen atoms in total. The normalized spacial score (nSPS) is 11.1. The first kappa shape index (κ1) is 32.1. The minimum atomic E-state index is -1.13. The van der Waals surface area contributed by atoms with E-state index in [1.807, 2.05) is 25.1 Å². The first-order valence-electron chi connectivity index (χ1n) is 13.4. The summed E-state index contributed by atoms with van der Waals surface area (Å²) < 4.78 is 5.48. The second kappa shape index (κ2) is 15.0. The number of anilines is 4. The smallest absolute Gasteiger partial charge is 0.323 e. The molecule has 1 atom stereocenters. The van der Waals surface area contributed by atoms with E-state index in [2.05, 4.69) is 16.0 Å². The van der Waals surface area contributed by atoms with E-state index in [0.29, 0.717) is 34.1 Å². The summed E-state index contributed by atoms with van der Waals surface area (Å²) in [5.41, 5.74) is 3.36. The molecule has 3 rings (SSSR count). The van der Waals surface area contributed by atoms with Gasteiger partial charge in [-0.2, -0.15) is 0 Å². The highest BCUT2D eigenvalue weighted by Crippen LogP contribution is 2.34. The largest absolute Gasteiger partial charge is 0.494 e. The van der Waals surface area contributed by atoms with Crippen molar-refractivity contribution in [2.24, 2.45) is 0 Å². The zero-order chi connectivity index (χ0) is 31.5. The average Bonchev–Trinajstić information content (AvgIpc) is 2.94. The molecule has 0 saturated carbocycles. The maximum atomic E-state index is 12.7. The number of para-hydroxylation sites is 1. The van der Waals surface area contributed by atoms with Gasteiger partial charge in [-0.3, -0.25) is 24.1 Å². The topological polar surface area (TPSA) is 174 Å². The van der Waals surface area contributed by atoms with Gasteiger partial charge in [0.15, 0.2) is 0 Å². The van der Waals surface area contributed by atoms with E-state index in [1.165, 1.54) is 18.9 Å². The number of rotatable bonds is 13. The van der Waals surface area contributed by atoms with Crippen LogP contribution in [0.5, 0.6) is 5.75 Å². The van der Waals surface area contributed by atoms with E-state index < -0.39 is 29.9 Å². The molecule has 0 bridgehead atoms. The van der Waals surface area contributed by atoms with Crippen molar-refractivity contribution in [2.75, 3.05) is 22.6 Å². The Morgan fingerprint density at radius 1 is 0.837 bits per heavy atom. The van der Waals surface area contributed by atoms with Crippen LogP contribution in [0.1, 0.15) is 49.8 Å². The lowest BCUT2D eigenvalue weighted by atomic mass is 10.0. The highest BCUT2D eigenvalue weighted by molar-refractivity contribution is 6.03. The number of hydrogen-bond acceptors (Lipinski definition) is 6. The number of urea groups is 1. The number of nitrogens with one attached hydrogen (secondary N) is 3. The molecule has 3 aromatic carbocycles. The third kappa shape index (κ3) is 9.32. The molecule has 0 fully saturated rings. The maximum absolute atomic E-state index is 12.7. The number of amides is 4. The van der Waals surface area contributed by atoms with Crippen LogP contribution in [0.25, 0.3) is 0 Å². The van der Waals surface area contributed by atoms with Gasteiger partial charge >= 0.3 is 18.0 Å². The van der Waals surface area contributed by atoms with Crippen molar-refractivity contribution in [3.8, 4) is 5.75 Å². The van der Waals surface area contributed by atoms with Crippen molar-refractivity contribution in [3.63, 3.8) is 0 Å². The molecule has 5 N–H and O–H groups in total. The molecule has 0 radical (unpaired) electrons. The molecule has 1 unspecified atom stereocenters. The van der Waals surface area contributed by atoms with Crippen molar-refractivity contribution < 1.29 is 38.9 Å². The standard InChI is InChI=1S/C31H34N4O8/c1-19-7-4-5-8-24(19)33-31(42)34-25-16-15-23(17-27(25)43-3)35(20(2)36)22-13-11-21(12-14-22)26(18-30(40)41)32-28(37)9-6-10-29(38)39/h4-5,7-8,11-17,26H,6,9-10,18H2,1-3H3,(H,32,37)(H,38,39)(H,40,41)(H2,33,34,42). The van der Waals surface area contributed by atoms with Crippen LogP contribution in [0.15, 0.2) is 66.7 Å². The zero-order valence-corrected chi connectivity index (χ0v) is 24.0. The highest BCUT2D eigenvalue weighted by atomic mass is 16.5. The molecule has 0 aliphatic rings. The van der Waals surface area contributed by atoms with Gasteiger partial charge in [0.05, 0.1) is 30.9 Å². The van der Waals surface area contributed by atoms with E-state index >= 15 is 0 Å². The van der Waals surface area contributed by atoms with Crippen LogP contribution in [-0.2, 0) is 19.2 Å². The molecule has 0 spiro atoms. The fraction of sp³-hybridized carbons (Fsp3) is 0.258. The summed E-state index contributed by atoms with van der Waals surface area (Å²) in [6, 6.07) is 17.3. The number of ether oxygens (including phenoxy) is 1. The molecular weight excluding hydrogens is 556 g/mol. The summed E-state index contributed by atoms with van der Waals surface area (Å²) in [6.45, 7) is 3.26. The Balaban J connectivity index is 1.79. The predicted molar refractivity (Wildman–Crippen MR) is 161 cm³/mol. The minimum Gasteiger partial charge on any atom is -0.494 e. The molecule has 12 heteroatoms. The molecule has 3 aromatic rings. The highest BCUT2D eigenvalue weighted by Gasteiger charge is 2.21. The first-order chi connectivity index (χ1) is 20.5. The van der Waals surface area contributed by atoms with Gasteiger partial charge < -0.3 is 30.9 Å². The SMILES string of the molecule is COc1cc(N(C(C)=O)c2ccc(C(CC(=O)O)NC(=O)CCCC(=O)O)cc2)ccc1NC(=O)Nc1ccccc1C. The maximum Gasteiger partial charge on any atom is 0.323 e. The van der Waals surface area contributed by atoms with Crippen LogP contribution in [-0.4, -0.2) is 47.1 Å². The lowest BCUT2D eigenvalue weighted by Gasteiger charge is -2.24. The summed E-state index contributed by atoms with van der Waals surface area (Å²) in [5.74, 6) is -2.62. The first-order valence-corrected chi connectivity index (χ1v) is 13.4. The third-order valence-electron chi connectivity index (χ3n) is 6.46. The van der Waals surface area contributed by atoms with E-state index in [9.17, 15) is 29.1 Å². The number of aliphatic carboxylic acids is 2. The van der Waals surface area contributed by atoms with Crippen molar-refractivity contribution in [2.45, 2.75) is 45.6 Å².